The Balaban J connectivity index is 1.75. The van der Waals surface area contributed by atoms with E-state index in [1.54, 1.807) is 5.38 Å². The van der Waals surface area contributed by atoms with Crippen molar-refractivity contribution in [1.29, 1.82) is 0 Å². The highest BCUT2D eigenvalue weighted by Gasteiger charge is 2.27. The van der Waals surface area contributed by atoms with Gasteiger partial charge in [0.1, 0.15) is 10.8 Å². The smallest absolute Gasteiger partial charge is 0.357 e. The zero-order chi connectivity index (χ0) is 21.3. The van der Waals surface area contributed by atoms with Crippen molar-refractivity contribution in [1.82, 2.24) is 9.88 Å². The van der Waals surface area contributed by atoms with E-state index in [0.29, 0.717) is 24.4 Å². The highest BCUT2D eigenvalue weighted by atomic mass is 32.1. The number of benzene rings is 1. The number of unbranched alkanes of at least 4 members (excludes halogenated alkanes) is 1. The minimum absolute atomic E-state index is 0.00294. The van der Waals surface area contributed by atoms with E-state index in [2.05, 4.69) is 11.9 Å². The van der Waals surface area contributed by atoms with E-state index in [1.165, 1.54) is 24.9 Å². The van der Waals surface area contributed by atoms with Crippen LogP contribution < -0.4 is 4.74 Å². The SMILES string of the molecule is CCCCOc1ccc(C(=O)N(Cc2nc(C(=O)OC)cs2)C2CCCCC2)cc1. The van der Waals surface area contributed by atoms with Gasteiger partial charge in [0.15, 0.2) is 5.69 Å². The van der Waals surface area contributed by atoms with Gasteiger partial charge in [0.25, 0.3) is 5.91 Å². The Labute approximate surface area is 182 Å². The molecule has 7 heteroatoms. The lowest BCUT2D eigenvalue weighted by Crippen LogP contribution is -2.41. The van der Waals surface area contributed by atoms with Crippen LogP contribution in [0.2, 0.25) is 0 Å². The summed E-state index contributed by atoms with van der Waals surface area (Å²) in [5, 5.41) is 2.43. The summed E-state index contributed by atoms with van der Waals surface area (Å²) in [5.41, 5.74) is 0.940. The molecule has 0 radical (unpaired) electrons. The number of aromatic nitrogens is 1. The average molecular weight is 431 g/mol. The normalized spacial score (nSPS) is 14.3. The van der Waals surface area contributed by atoms with Gasteiger partial charge >= 0.3 is 5.97 Å². The molecule has 0 atom stereocenters. The highest BCUT2D eigenvalue weighted by Crippen LogP contribution is 2.27. The number of methoxy groups -OCH3 is 1. The Morgan fingerprint density at radius 3 is 2.57 bits per heavy atom. The van der Waals surface area contributed by atoms with Crippen LogP contribution in [0.15, 0.2) is 29.6 Å². The number of hydrogen-bond donors (Lipinski definition) is 0. The summed E-state index contributed by atoms with van der Waals surface area (Å²) in [6.07, 6.45) is 7.57. The molecule has 1 fully saturated rings. The van der Waals surface area contributed by atoms with Gasteiger partial charge in [-0.25, -0.2) is 9.78 Å². The number of rotatable bonds is 9. The van der Waals surface area contributed by atoms with Gasteiger partial charge in [-0.05, 0) is 43.5 Å². The lowest BCUT2D eigenvalue weighted by atomic mass is 9.93. The van der Waals surface area contributed by atoms with Crippen LogP contribution >= 0.6 is 11.3 Å². The first-order valence-corrected chi connectivity index (χ1v) is 11.6. The number of esters is 1. The lowest BCUT2D eigenvalue weighted by Gasteiger charge is -2.34. The number of amides is 1. The van der Waals surface area contributed by atoms with Crippen LogP contribution in [0.3, 0.4) is 0 Å². The molecular weight excluding hydrogens is 400 g/mol. The monoisotopic (exact) mass is 430 g/mol. The Morgan fingerprint density at radius 2 is 1.90 bits per heavy atom. The summed E-state index contributed by atoms with van der Waals surface area (Å²) in [7, 11) is 1.34. The second kappa shape index (κ2) is 11.1. The topological polar surface area (TPSA) is 68.7 Å². The van der Waals surface area contributed by atoms with Crippen molar-refractivity contribution in [2.75, 3.05) is 13.7 Å². The molecule has 6 nitrogen and oxygen atoms in total. The third kappa shape index (κ3) is 5.81. The summed E-state index contributed by atoms with van der Waals surface area (Å²) in [6, 6.07) is 7.58. The standard InChI is InChI=1S/C23H30N2O4S/c1-3-4-14-29-19-12-10-17(11-13-19)22(26)25(18-8-6-5-7-9-18)15-21-24-20(16-30-21)23(27)28-2/h10-13,16,18H,3-9,14-15H2,1-2H3. The van der Waals surface area contributed by atoms with Crippen LogP contribution in [-0.2, 0) is 11.3 Å². The molecule has 2 aromatic rings. The molecule has 30 heavy (non-hydrogen) atoms. The maximum Gasteiger partial charge on any atom is 0.357 e. The van der Waals surface area contributed by atoms with Crippen molar-refractivity contribution < 1.29 is 19.1 Å². The molecule has 1 heterocycles. The molecule has 162 valence electrons. The average Bonchev–Trinajstić information content (AvgIpc) is 3.26. The molecule has 1 aromatic carbocycles. The van der Waals surface area contributed by atoms with Crippen molar-refractivity contribution in [2.45, 2.75) is 64.5 Å². The Bertz CT molecular complexity index is 828. The van der Waals surface area contributed by atoms with E-state index >= 15 is 0 Å². The minimum Gasteiger partial charge on any atom is -0.494 e. The van der Waals surface area contributed by atoms with Gasteiger partial charge in [0, 0.05) is 17.0 Å². The first kappa shape index (κ1) is 22.3. The van der Waals surface area contributed by atoms with Crippen LogP contribution in [0.4, 0.5) is 0 Å². The van der Waals surface area contributed by atoms with E-state index in [9.17, 15) is 9.59 Å². The minimum atomic E-state index is -0.452. The Kier molecular flexibility index (Phi) is 8.25. The van der Waals surface area contributed by atoms with Crippen LogP contribution in [0.5, 0.6) is 5.75 Å². The summed E-state index contributed by atoms with van der Waals surface area (Å²) in [6.45, 7) is 3.21. The summed E-state index contributed by atoms with van der Waals surface area (Å²) in [5.74, 6) is 0.329. The van der Waals surface area contributed by atoms with E-state index < -0.39 is 5.97 Å². The summed E-state index contributed by atoms with van der Waals surface area (Å²) < 4.78 is 10.5. The number of carbonyl (C=O) groups excluding carboxylic acids is 2. The van der Waals surface area contributed by atoms with Gasteiger partial charge in [-0.2, -0.15) is 0 Å². The fraction of sp³-hybridized carbons (Fsp3) is 0.522. The Hall–Kier alpha value is -2.41. The fourth-order valence-electron chi connectivity index (χ4n) is 3.68. The second-order valence-corrected chi connectivity index (χ2v) is 8.51. The van der Waals surface area contributed by atoms with Crippen molar-refractivity contribution in [2.24, 2.45) is 0 Å². The number of carbonyl (C=O) groups is 2. The molecule has 0 unspecified atom stereocenters. The van der Waals surface area contributed by atoms with Gasteiger partial charge in [-0.15, -0.1) is 11.3 Å². The van der Waals surface area contributed by atoms with E-state index in [-0.39, 0.29) is 11.9 Å². The lowest BCUT2D eigenvalue weighted by molar-refractivity contribution is 0.0594. The molecule has 0 bridgehead atoms. The molecule has 1 aliphatic rings. The van der Waals surface area contributed by atoms with Crippen molar-refractivity contribution >= 4 is 23.2 Å². The predicted octanol–water partition coefficient (Wildman–Crippen LogP) is 5.08. The first-order valence-electron chi connectivity index (χ1n) is 10.7. The zero-order valence-electron chi connectivity index (χ0n) is 17.8. The second-order valence-electron chi connectivity index (χ2n) is 7.57. The largest absolute Gasteiger partial charge is 0.494 e. The summed E-state index contributed by atoms with van der Waals surface area (Å²) in [4.78, 5) is 31.4. The predicted molar refractivity (Wildman–Crippen MR) is 117 cm³/mol. The van der Waals surface area contributed by atoms with Gasteiger partial charge < -0.3 is 14.4 Å². The maximum atomic E-state index is 13.4. The van der Waals surface area contributed by atoms with E-state index in [0.717, 1.165) is 49.3 Å². The van der Waals surface area contributed by atoms with Gasteiger partial charge in [0.05, 0.1) is 20.3 Å². The molecule has 1 aromatic heterocycles. The van der Waals surface area contributed by atoms with Crippen LogP contribution in [0, 0.1) is 0 Å². The maximum absolute atomic E-state index is 13.4. The van der Waals surface area contributed by atoms with E-state index in [4.69, 9.17) is 9.47 Å². The number of nitrogens with zero attached hydrogens (tertiary/aromatic N) is 2. The molecule has 0 spiro atoms. The quantitative estimate of drug-likeness (QED) is 0.410. The highest BCUT2D eigenvalue weighted by molar-refractivity contribution is 7.09. The van der Waals surface area contributed by atoms with Crippen LogP contribution in [0.1, 0.15) is 77.7 Å². The molecule has 0 saturated heterocycles. The van der Waals surface area contributed by atoms with Gasteiger partial charge in [-0.1, -0.05) is 32.6 Å². The molecule has 1 aliphatic carbocycles. The molecule has 3 rings (SSSR count). The molecule has 0 N–H and O–H groups in total. The van der Waals surface area contributed by atoms with Crippen LogP contribution in [0.25, 0.3) is 0 Å². The Morgan fingerprint density at radius 1 is 1.17 bits per heavy atom. The molecule has 1 amide bonds. The number of hydrogen-bond acceptors (Lipinski definition) is 6. The molecule has 0 aliphatic heterocycles. The van der Waals surface area contributed by atoms with Crippen molar-refractivity contribution in [3.63, 3.8) is 0 Å². The number of thiazole rings is 1. The van der Waals surface area contributed by atoms with Crippen molar-refractivity contribution in [3.8, 4) is 5.75 Å². The molecule has 1 saturated carbocycles. The zero-order valence-corrected chi connectivity index (χ0v) is 18.6. The number of ether oxygens (including phenoxy) is 2. The summed E-state index contributed by atoms with van der Waals surface area (Å²) >= 11 is 1.39. The van der Waals surface area contributed by atoms with Crippen molar-refractivity contribution in [3.05, 3.63) is 45.9 Å². The van der Waals surface area contributed by atoms with Gasteiger partial charge in [-0.3, -0.25) is 4.79 Å². The van der Waals surface area contributed by atoms with Crippen LogP contribution in [-0.4, -0.2) is 41.5 Å². The van der Waals surface area contributed by atoms with Gasteiger partial charge in [0.2, 0.25) is 0 Å². The first-order chi connectivity index (χ1) is 14.6. The third-order valence-electron chi connectivity index (χ3n) is 5.40. The van der Waals surface area contributed by atoms with E-state index in [1.807, 2.05) is 29.2 Å². The fourth-order valence-corrected chi connectivity index (χ4v) is 4.44. The molecular formula is C23H30N2O4S. The third-order valence-corrected chi connectivity index (χ3v) is 6.23.